The lowest BCUT2D eigenvalue weighted by molar-refractivity contribution is 0.0963. The number of fused-ring (bicyclic) bond motifs is 1. The number of aryl methyl sites for hydroxylation is 2. The van der Waals surface area contributed by atoms with Gasteiger partial charge in [-0.25, -0.2) is 22.8 Å². The van der Waals surface area contributed by atoms with Crippen molar-refractivity contribution in [3.05, 3.63) is 41.5 Å². The maximum atomic E-state index is 12.7. The van der Waals surface area contributed by atoms with E-state index >= 15 is 0 Å². The fourth-order valence-electron chi connectivity index (χ4n) is 2.85. The monoisotopic (exact) mass is 363 g/mol. The van der Waals surface area contributed by atoms with E-state index in [1.807, 2.05) is 6.92 Å². The summed E-state index contributed by atoms with van der Waals surface area (Å²) in [6.45, 7) is 2.72. The summed E-state index contributed by atoms with van der Waals surface area (Å²) >= 11 is 0. The summed E-state index contributed by atoms with van der Waals surface area (Å²) in [6.07, 6.45) is 2.22. The van der Waals surface area contributed by atoms with E-state index in [1.54, 1.807) is 4.68 Å². The first kappa shape index (κ1) is 17.6. The summed E-state index contributed by atoms with van der Waals surface area (Å²) in [6, 6.07) is 5.44. The van der Waals surface area contributed by atoms with Crippen LogP contribution in [-0.4, -0.2) is 36.1 Å². The number of nitrogens with zero attached hydrogens (tertiary/aromatic N) is 3. The van der Waals surface area contributed by atoms with Gasteiger partial charge in [0.15, 0.2) is 5.82 Å². The Bertz CT molecular complexity index is 874. The molecule has 0 unspecified atom stereocenters. The van der Waals surface area contributed by atoms with Crippen molar-refractivity contribution in [2.75, 3.05) is 7.05 Å². The third-order valence-corrected chi connectivity index (χ3v) is 5.67. The van der Waals surface area contributed by atoms with E-state index in [0.717, 1.165) is 18.8 Å². The van der Waals surface area contributed by atoms with Crippen molar-refractivity contribution < 1.29 is 13.2 Å². The molecule has 1 aliphatic rings. The standard InChI is InChI=1S/C16H21N5O3S/c1-3-14-18-15-13(5-4-10-21(15)19-14)20-25(23,24)12-8-6-11(7-9-12)16(22)17-2/h6-9,13,20H,3-5,10H2,1-2H3,(H,17,22)/t13-/m0/s1. The average molecular weight is 363 g/mol. The van der Waals surface area contributed by atoms with Gasteiger partial charge in [-0.3, -0.25) is 4.79 Å². The predicted octanol–water partition coefficient (Wildman–Crippen LogP) is 1.01. The Morgan fingerprint density at radius 3 is 2.68 bits per heavy atom. The minimum Gasteiger partial charge on any atom is -0.355 e. The molecule has 0 radical (unpaired) electrons. The van der Waals surface area contributed by atoms with Crippen molar-refractivity contribution in [1.82, 2.24) is 24.8 Å². The number of sulfonamides is 1. The number of benzene rings is 1. The number of nitrogens with one attached hydrogen (secondary N) is 2. The molecule has 1 amide bonds. The molecule has 0 saturated carbocycles. The molecule has 1 aromatic carbocycles. The molecule has 0 fully saturated rings. The number of rotatable bonds is 5. The van der Waals surface area contributed by atoms with Crippen LogP contribution < -0.4 is 10.0 Å². The molecule has 0 spiro atoms. The van der Waals surface area contributed by atoms with E-state index in [2.05, 4.69) is 20.1 Å². The lowest BCUT2D eigenvalue weighted by Crippen LogP contribution is -2.33. The van der Waals surface area contributed by atoms with Crippen molar-refractivity contribution in [3.8, 4) is 0 Å². The summed E-state index contributed by atoms with van der Waals surface area (Å²) in [4.78, 5) is 16.1. The number of hydrogen-bond acceptors (Lipinski definition) is 5. The molecule has 2 N–H and O–H groups in total. The van der Waals surface area contributed by atoms with Crippen molar-refractivity contribution in [3.63, 3.8) is 0 Å². The molecule has 3 rings (SSSR count). The van der Waals surface area contributed by atoms with E-state index in [-0.39, 0.29) is 10.8 Å². The molecule has 0 bridgehead atoms. The van der Waals surface area contributed by atoms with Crippen molar-refractivity contribution in [1.29, 1.82) is 0 Å². The van der Waals surface area contributed by atoms with Gasteiger partial charge in [0, 0.05) is 25.6 Å². The Morgan fingerprint density at radius 2 is 2.04 bits per heavy atom. The van der Waals surface area contributed by atoms with Gasteiger partial charge in [-0.2, -0.15) is 5.10 Å². The zero-order valence-electron chi connectivity index (χ0n) is 14.2. The number of carbonyl (C=O) groups is 1. The topological polar surface area (TPSA) is 106 Å². The van der Waals surface area contributed by atoms with Gasteiger partial charge in [0.05, 0.1) is 10.9 Å². The first-order valence-corrected chi connectivity index (χ1v) is 9.71. The van der Waals surface area contributed by atoms with Crippen LogP contribution in [0.4, 0.5) is 0 Å². The molecule has 2 heterocycles. The van der Waals surface area contributed by atoms with Crippen LogP contribution in [0, 0.1) is 0 Å². The highest BCUT2D eigenvalue weighted by Crippen LogP contribution is 2.25. The minimum atomic E-state index is -3.71. The summed E-state index contributed by atoms with van der Waals surface area (Å²) in [7, 11) is -2.19. The molecule has 8 nitrogen and oxygen atoms in total. The van der Waals surface area contributed by atoms with E-state index in [4.69, 9.17) is 0 Å². The fraction of sp³-hybridized carbons (Fsp3) is 0.438. The van der Waals surface area contributed by atoms with E-state index < -0.39 is 16.1 Å². The molecule has 0 saturated heterocycles. The van der Waals surface area contributed by atoms with Crippen molar-refractivity contribution in [2.45, 2.75) is 43.7 Å². The van der Waals surface area contributed by atoms with Crippen LogP contribution in [-0.2, 0) is 23.0 Å². The largest absolute Gasteiger partial charge is 0.355 e. The maximum absolute atomic E-state index is 12.7. The third-order valence-electron chi connectivity index (χ3n) is 4.19. The van der Waals surface area contributed by atoms with Crippen LogP contribution in [0.3, 0.4) is 0 Å². The number of carbonyl (C=O) groups excluding carboxylic acids is 1. The molecule has 134 valence electrons. The fourth-order valence-corrected chi connectivity index (χ4v) is 4.07. The third kappa shape index (κ3) is 3.57. The lowest BCUT2D eigenvalue weighted by Gasteiger charge is -2.23. The Morgan fingerprint density at radius 1 is 1.32 bits per heavy atom. The first-order valence-electron chi connectivity index (χ1n) is 8.22. The van der Waals surface area contributed by atoms with Gasteiger partial charge in [0.2, 0.25) is 10.0 Å². The number of hydrogen-bond donors (Lipinski definition) is 2. The molecular formula is C16H21N5O3S. The molecule has 9 heteroatoms. The highest BCUT2D eigenvalue weighted by atomic mass is 32.2. The van der Waals surface area contributed by atoms with Gasteiger partial charge < -0.3 is 5.32 Å². The predicted molar refractivity (Wildman–Crippen MR) is 91.5 cm³/mol. The number of amides is 1. The molecule has 1 atom stereocenters. The second-order valence-corrected chi connectivity index (χ2v) is 7.60. The second kappa shape index (κ2) is 6.93. The molecule has 25 heavy (non-hydrogen) atoms. The van der Waals surface area contributed by atoms with Gasteiger partial charge in [-0.1, -0.05) is 6.92 Å². The van der Waals surface area contributed by atoms with Gasteiger partial charge in [-0.05, 0) is 37.1 Å². The molecule has 2 aromatic rings. The normalized spacial score (nSPS) is 17.1. The van der Waals surface area contributed by atoms with E-state index in [9.17, 15) is 13.2 Å². The van der Waals surface area contributed by atoms with Gasteiger partial charge in [0.1, 0.15) is 5.82 Å². The van der Waals surface area contributed by atoms with Crippen LogP contribution in [0.25, 0.3) is 0 Å². The van der Waals surface area contributed by atoms with E-state index in [0.29, 0.717) is 24.2 Å². The number of aromatic nitrogens is 3. The highest BCUT2D eigenvalue weighted by molar-refractivity contribution is 7.89. The Kier molecular flexibility index (Phi) is 4.87. The quantitative estimate of drug-likeness (QED) is 0.825. The van der Waals surface area contributed by atoms with Crippen LogP contribution in [0.2, 0.25) is 0 Å². The van der Waals surface area contributed by atoms with Gasteiger partial charge in [0.25, 0.3) is 5.91 Å². The summed E-state index contributed by atoms with van der Waals surface area (Å²) in [5, 5.41) is 6.89. The van der Waals surface area contributed by atoms with Crippen LogP contribution in [0.15, 0.2) is 29.2 Å². The summed E-state index contributed by atoms with van der Waals surface area (Å²) < 4.78 is 29.8. The molecule has 1 aromatic heterocycles. The van der Waals surface area contributed by atoms with Crippen molar-refractivity contribution >= 4 is 15.9 Å². The zero-order chi connectivity index (χ0) is 18.0. The summed E-state index contributed by atoms with van der Waals surface area (Å²) in [5.41, 5.74) is 0.409. The van der Waals surface area contributed by atoms with Gasteiger partial charge >= 0.3 is 0 Å². The van der Waals surface area contributed by atoms with Crippen LogP contribution >= 0.6 is 0 Å². The SMILES string of the molecule is CCc1nc2n(n1)CCC[C@@H]2NS(=O)(=O)c1ccc(C(=O)NC)cc1. The van der Waals surface area contributed by atoms with Gasteiger partial charge in [-0.15, -0.1) is 0 Å². The minimum absolute atomic E-state index is 0.118. The molecule has 1 aliphatic heterocycles. The Hall–Kier alpha value is -2.26. The van der Waals surface area contributed by atoms with Crippen LogP contribution in [0.1, 0.15) is 47.8 Å². The Labute approximate surface area is 146 Å². The smallest absolute Gasteiger partial charge is 0.251 e. The van der Waals surface area contributed by atoms with Crippen LogP contribution in [0.5, 0.6) is 0 Å². The Balaban J connectivity index is 1.83. The zero-order valence-corrected chi connectivity index (χ0v) is 15.0. The second-order valence-electron chi connectivity index (χ2n) is 5.88. The average Bonchev–Trinajstić information content (AvgIpc) is 3.05. The highest BCUT2D eigenvalue weighted by Gasteiger charge is 2.28. The molecule has 0 aliphatic carbocycles. The lowest BCUT2D eigenvalue weighted by atomic mass is 10.1. The maximum Gasteiger partial charge on any atom is 0.251 e. The first-order chi connectivity index (χ1) is 11.9. The summed E-state index contributed by atoms with van der Waals surface area (Å²) in [5.74, 6) is 1.12. The molecular weight excluding hydrogens is 342 g/mol. The van der Waals surface area contributed by atoms with Crippen molar-refractivity contribution in [2.24, 2.45) is 0 Å². The van der Waals surface area contributed by atoms with E-state index in [1.165, 1.54) is 31.3 Å².